The minimum Gasteiger partial charge on any atom is -0.487 e. The Labute approximate surface area is 187 Å². The molecule has 2 saturated heterocycles. The van der Waals surface area contributed by atoms with E-state index >= 15 is 0 Å². The Morgan fingerprint density at radius 2 is 2.06 bits per heavy atom. The lowest BCUT2D eigenvalue weighted by molar-refractivity contribution is -0.142. The molecule has 3 aliphatic rings. The molecule has 0 aromatic heterocycles. The van der Waals surface area contributed by atoms with Crippen molar-refractivity contribution >= 4 is 17.5 Å². The molecule has 0 aliphatic carbocycles. The SMILES string of the molecule is COCCNC(=O)C[C@H]1C[C@H]2c3cc(NC(=O)C4CCOCC4)ccc3O[C@H]2[C@H](CO)O1. The topological polar surface area (TPSA) is 115 Å². The third-order valence-corrected chi connectivity index (χ3v) is 6.40. The molecule has 2 amide bonds. The lowest BCUT2D eigenvalue weighted by Gasteiger charge is -2.37. The largest absolute Gasteiger partial charge is 0.487 e. The summed E-state index contributed by atoms with van der Waals surface area (Å²) in [6.07, 6.45) is 1.11. The van der Waals surface area contributed by atoms with Crippen molar-refractivity contribution in [3.8, 4) is 5.75 Å². The molecule has 3 heterocycles. The number of hydrogen-bond donors (Lipinski definition) is 3. The van der Waals surface area contributed by atoms with Gasteiger partial charge < -0.3 is 34.7 Å². The van der Waals surface area contributed by atoms with E-state index in [1.165, 1.54) is 0 Å². The first-order valence-corrected chi connectivity index (χ1v) is 11.3. The molecule has 2 fully saturated rings. The van der Waals surface area contributed by atoms with Crippen LogP contribution in [0.15, 0.2) is 18.2 Å². The van der Waals surface area contributed by atoms with E-state index in [1.54, 1.807) is 7.11 Å². The molecule has 32 heavy (non-hydrogen) atoms. The number of aliphatic hydroxyl groups is 1. The van der Waals surface area contributed by atoms with Gasteiger partial charge in [-0.05, 0) is 37.5 Å². The number of hydrogen-bond acceptors (Lipinski definition) is 7. The van der Waals surface area contributed by atoms with E-state index in [9.17, 15) is 14.7 Å². The Bertz CT molecular complexity index is 812. The second-order valence-electron chi connectivity index (χ2n) is 8.58. The van der Waals surface area contributed by atoms with Crippen LogP contribution < -0.4 is 15.4 Å². The zero-order valence-corrected chi connectivity index (χ0v) is 18.4. The second kappa shape index (κ2) is 10.6. The van der Waals surface area contributed by atoms with Crippen LogP contribution in [-0.4, -0.2) is 75.3 Å². The molecule has 3 N–H and O–H groups in total. The van der Waals surface area contributed by atoms with Gasteiger partial charge in [0.15, 0.2) is 0 Å². The van der Waals surface area contributed by atoms with Crippen LogP contribution in [0.5, 0.6) is 5.75 Å². The fourth-order valence-electron chi connectivity index (χ4n) is 4.74. The number of benzene rings is 1. The molecule has 9 heteroatoms. The first-order chi connectivity index (χ1) is 15.6. The molecule has 0 bridgehead atoms. The van der Waals surface area contributed by atoms with E-state index in [1.807, 2.05) is 18.2 Å². The molecule has 0 unspecified atom stereocenters. The highest BCUT2D eigenvalue weighted by atomic mass is 16.6. The number of anilines is 1. The molecule has 176 valence electrons. The number of carbonyl (C=O) groups is 2. The Hall–Kier alpha value is -2.20. The molecular formula is C23H32N2O7. The predicted molar refractivity (Wildman–Crippen MR) is 116 cm³/mol. The van der Waals surface area contributed by atoms with E-state index in [0.29, 0.717) is 32.8 Å². The van der Waals surface area contributed by atoms with E-state index in [0.717, 1.165) is 29.8 Å². The van der Waals surface area contributed by atoms with Gasteiger partial charge >= 0.3 is 0 Å². The van der Waals surface area contributed by atoms with Gasteiger partial charge in [-0.2, -0.15) is 0 Å². The van der Waals surface area contributed by atoms with E-state index in [2.05, 4.69) is 10.6 Å². The highest BCUT2D eigenvalue weighted by molar-refractivity contribution is 5.92. The standard InChI is InChI=1S/C23H32N2O7/c1-29-9-6-24-21(27)12-16-11-18-17-10-15(25-23(28)14-4-7-30-8-5-14)2-3-19(17)32-22(18)20(13-26)31-16/h2-3,10,14,16,18,20,22,26H,4-9,11-13H2,1H3,(H,24,27)(H,25,28)/t16-,18+,20+,22-/m1/s1. The van der Waals surface area contributed by atoms with Crippen molar-refractivity contribution in [1.82, 2.24) is 5.32 Å². The number of fused-ring (bicyclic) bond motifs is 3. The smallest absolute Gasteiger partial charge is 0.227 e. The summed E-state index contributed by atoms with van der Waals surface area (Å²) in [4.78, 5) is 24.9. The molecule has 9 nitrogen and oxygen atoms in total. The molecule has 0 radical (unpaired) electrons. The summed E-state index contributed by atoms with van der Waals surface area (Å²) in [5.41, 5.74) is 1.71. The predicted octanol–water partition coefficient (Wildman–Crippen LogP) is 1.20. The van der Waals surface area contributed by atoms with Crippen LogP contribution in [0.1, 0.15) is 37.2 Å². The molecular weight excluding hydrogens is 416 g/mol. The number of nitrogens with one attached hydrogen (secondary N) is 2. The summed E-state index contributed by atoms with van der Waals surface area (Å²) in [5.74, 6) is 0.570. The van der Waals surface area contributed by atoms with Crippen molar-refractivity contribution in [1.29, 1.82) is 0 Å². The highest BCUT2D eigenvalue weighted by Gasteiger charge is 2.46. The molecule has 1 aromatic carbocycles. The number of carbonyl (C=O) groups excluding carboxylic acids is 2. The van der Waals surface area contributed by atoms with Crippen LogP contribution in [0.25, 0.3) is 0 Å². The van der Waals surface area contributed by atoms with Gasteiger partial charge in [0.05, 0.1) is 25.7 Å². The van der Waals surface area contributed by atoms with Crippen molar-refractivity contribution < 1.29 is 33.6 Å². The van der Waals surface area contributed by atoms with Crippen molar-refractivity contribution in [2.75, 3.05) is 45.4 Å². The van der Waals surface area contributed by atoms with Crippen LogP contribution in [0, 0.1) is 5.92 Å². The number of methoxy groups -OCH3 is 1. The summed E-state index contributed by atoms with van der Waals surface area (Å²) >= 11 is 0. The van der Waals surface area contributed by atoms with Crippen molar-refractivity contribution in [3.05, 3.63) is 23.8 Å². The fourth-order valence-corrected chi connectivity index (χ4v) is 4.74. The van der Waals surface area contributed by atoms with Crippen LogP contribution in [-0.2, 0) is 23.8 Å². The maximum absolute atomic E-state index is 12.6. The zero-order valence-electron chi connectivity index (χ0n) is 18.4. The Balaban J connectivity index is 1.43. The van der Waals surface area contributed by atoms with Gasteiger partial charge in [0.2, 0.25) is 11.8 Å². The quantitative estimate of drug-likeness (QED) is 0.512. The summed E-state index contributed by atoms with van der Waals surface area (Å²) < 4.78 is 22.4. The number of ether oxygens (including phenoxy) is 4. The van der Waals surface area contributed by atoms with Gasteiger partial charge in [-0.3, -0.25) is 9.59 Å². The maximum Gasteiger partial charge on any atom is 0.227 e. The van der Waals surface area contributed by atoms with Gasteiger partial charge in [-0.25, -0.2) is 0 Å². The molecule has 4 atom stereocenters. The number of amides is 2. The van der Waals surface area contributed by atoms with Gasteiger partial charge in [-0.1, -0.05) is 0 Å². The van der Waals surface area contributed by atoms with Crippen molar-refractivity contribution in [2.24, 2.45) is 5.92 Å². The summed E-state index contributed by atoms with van der Waals surface area (Å²) in [6.45, 7) is 1.93. The second-order valence-corrected chi connectivity index (χ2v) is 8.58. The third kappa shape index (κ3) is 5.23. The molecule has 4 rings (SSSR count). The van der Waals surface area contributed by atoms with Crippen LogP contribution in [0.3, 0.4) is 0 Å². The van der Waals surface area contributed by atoms with Gasteiger partial charge in [-0.15, -0.1) is 0 Å². The first-order valence-electron chi connectivity index (χ1n) is 11.3. The summed E-state index contributed by atoms with van der Waals surface area (Å²) in [6, 6.07) is 5.64. The lowest BCUT2D eigenvalue weighted by Crippen LogP contribution is -2.47. The summed E-state index contributed by atoms with van der Waals surface area (Å²) in [5, 5.41) is 15.7. The summed E-state index contributed by atoms with van der Waals surface area (Å²) in [7, 11) is 1.58. The number of aliphatic hydroxyl groups excluding tert-OH is 1. The third-order valence-electron chi connectivity index (χ3n) is 6.40. The monoisotopic (exact) mass is 448 g/mol. The minimum absolute atomic E-state index is 0.00883. The lowest BCUT2D eigenvalue weighted by atomic mass is 9.84. The van der Waals surface area contributed by atoms with Gasteiger partial charge in [0.25, 0.3) is 0 Å². The normalized spacial score (nSPS) is 27.2. The van der Waals surface area contributed by atoms with Crippen molar-refractivity contribution in [2.45, 2.75) is 49.9 Å². The average molecular weight is 449 g/mol. The van der Waals surface area contributed by atoms with Gasteiger partial charge in [0.1, 0.15) is 18.0 Å². The minimum atomic E-state index is -0.516. The molecule has 3 aliphatic heterocycles. The van der Waals surface area contributed by atoms with Crippen LogP contribution in [0.2, 0.25) is 0 Å². The Morgan fingerprint density at radius 3 is 2.81 bits per heavy atom. The fraction of sp³-hybridized carbons (Fsp3) is 0.652. The Kier molecular flexibility index (Phi) is 7.62. The molecule has 0 spiro atoms. The molecule has 1 aromatic rings. The Morgan fingerprint density at radius 1 is 1.25 bits per heavy atom. The first kappa shape index (κ1) is 23.0. The highest BCUT2D eigenvalue weighted by Crippen LogP contribution is 2.47. The zero-order chi connectivity index (χ0) is 22.5. The van der Waals surface area contributed by atoms with Crippen LogP contribution >= 0.6 is 0 Å². The van der Waals surface area contributed by atoms with E-state index in [-0.39, 0.29) is 48.9 Å². The average Bonchev–Trinajstić information content (AvgIpc) is 3.17. The van der Waals surface area contributed by atoms with Crippen molar-refractivity contribution in [3.63, 3.8) is 0 Å². The van der Waals surface area contributed by atoms with Crippen LogP contribution in [0.4, 0.5) is 5.69 Å². The maximum atomic E-state index is 12.6. The van der Waals surface area contributed by atoms with E-state index < -0.39 is 6.10 Å². The molecule has 0 saturated carbocycles. The van der Waals surface area contributed by atoms with Gasteiger partial charge in [0, 0.05) is 50.0 Å². The number of rotatable bonds is 8. The van der Waals surface area contributed by atoms with E-state index in [4.69, 9.17) is 18.9 Å².